The number of sulfonamides is 1. The van der Waals surface area contributed by atoms with E-state index in [1.807, 2.05) is 6.07 Å². The summed E-state index contributed by atoms with van der Waals surface area (Å²) in [5, 5.41) is 17.4. The molecule has 1 aromatic carbocycles. The highest BCUT2D eigenvalue weighted by Gasteiger charge is 2.23. The molecule has 0 amide bonds. The van der Waals surface area contributed by atoms with Crippen LogP contribution in [0.4, 0.5) is 0 Å². The third kappa shape index (κ3) is 3.48. The Morgan fingerprint density at radius 2 is 2.15 bits per heavy atom. The Morgan fingerprint density at radius 3 is 2.60 bits per heavy atom. The number of halogens is 1. The van der Waals surface area contributed by atoms with E-state index < -0.39 is 21.9 Å². The predicted molar refractivity (Wildman–Crippen MR) is 73.0 cm³/mol. The van der Waals surface area contributed by atoms with Crippen molar-refractivity contribution in [1.82, 2.24) is 4.31 Å². The van der Waals surface area contributed by atoms with Crippen molar-refractivity contribution in [2.75, 3.05) is 13.6 Å². The number of nitriles is 1. The van der Waals surface area contributed by atoms with Gasteiger partial charge in [0, 0.05) is 13.6 Å². The Hall–Kier alpha value is -1.62. The number of aromatic carboxylic acids is 1. The first kappa shape index (κ1) is 16.4. The molecule has 20 heavy (non-hydrogen) atoms. The molecule has 0 radical (unpaired) electrons. The van der Waals surface area contributed by atoms with Crippen LogP contribution >= 0.6 is 11.6 Å². The molecule has 0 bridgehead atoms. The zero-order valence-corrected chi connectivity index (χ0v) is 12.4. The number of hydrogen-bond donors (Lipinski definition) is 1. The molecule has 0 fully saturated rings. The van der Waals surface area contributed by atoms with Crippen LogP contribution in [0.5, 0.6) is 0 Å². The first-order valence-electron chi connectivity index (χ1n) is 5.59. The summed E-state index contributed by atoms with van der Waals surface area (Å²) in [5.41, 5.74) is -0.168. The molecule has 0 aliphatic carbocycles. The number of hydrogen-bond acceptors (Lipinski definition) is 4. The Labute approximate surface area is 122 Å². The van der Waals surface area contributed by atoms with Crippen LogP contribution in [0.15, 0.2) is 23.1 Å². The predicted octanol–water partition coefficient (Wildman–Crippen LogP) is 1.82. The Kier molecular flexibility index (Phi) is 5.11. The zero-order valence-electron chi connectivity index (χ0n) is 10.9. The molecular formula is C12H13ClN2O4S. The molecule has 0 spiro atoms. The van der Waals surface area contributed by atoms with Crippen molar-refractivity contribution in [3.63, 3.8) is 0 Å². The van der Waals surface area contributed by atoms with E-state index in [0.29, 0.717) is 0 Å². The number of benzene rings is 1. The second kappa shape index (κ2) is 6.22. The van der Waals surface area contributed by atoms with Crippen LogP contribution in [0.3, 0.4) is 0 Å². The number of rotatable bonds is 5. The number of carbonyl (C=O) groups is 1. The maximum Gasteiger partial charge on any atom is 0.337 e. The summed E-state index contributed by atoms with van der Waals surface area (Å²) in [6.07, 6.45) is 0. The van der Waals surface area contributed by atoms with Gasteiger partial charge in [0.1, 0.15) is 0 Å². The molecule has 0 heterocycles. The Morgan fingerprint density at radius 1 is 1.55 bits per heavy atom. The van der Waals surface area contributed by atoms with Crippen LogP contribution < -0.4 is 0 Å². The van der Waals surface area contributed by atoms with Crippen LogP contribution in [0.2, 0.25) is 5.02 Å². The van der Waals surface area contributed by atoms with Crippen LogP contribution in [-0.4, -0.2) is 37.4 Å². The van der Waals surface area contributed by atoms with Gasteiger partial charge < -0.3 is 5.11 Å². The van der Waals surface area contributed by atoms with Gasteiger partial charge in [-0.25, -0.2) is 13.2 Å². The highest BCUT2D eigenvalue weighted by molar-refractivity contribution is 7.89. The highest BCUT2D eigenvalue weighted by atomic mass is 35.5. The van der Waals surface area contributed by atoms with Crippen molar-refractivity contribution >= 4 is 27.6 Å². The molecule has 0 saturated carbocycles. The Balaban J connectivity index is 3.14. The van der Waals surface area contributed by atoms with E-state index in [0.717, 1.165) is 16.4 Å². The molecule has 0 saturated heterocycles. The first-order chi connectivity index (χ1) is 9.20. The van der Waals surface area contributed by atoms with Gasteiger partial charge in [0.25, 0.3) is 0 Å². The van der Waals surface area contributed by atoms with Crippen molar-refractivity contribution < 1.29 is 18.3 Å². The van der Waals surface area contributed by atoms with Crippen molar-refractivity contribution in [3.8, 4) is 6.07 Å². The fourth-order valence-corrected chi connectivity index (χ4v) is 3.15. The zero-order chi connectivity index (χ0) is 15.5. The average Bonchev–Trinajstić information content (AvgIpc) is 2.37. The molecule has 108 valence electrons. The van der Waals surface area contributed by atoms with Gasteiger partial charge in [-0.3, -0.25) is 0 Å². The summed E-state index contributed by atoms with van der Waals surface area (Å²) in [6.45, 7) is 1.64. The second-order valence-corrected chi connectivity index (χ2v) is 6.71. The molecule has 1 rings (SSSR count). The standard InChI is InChI=1S/C12H13ClN2O4S/c1-8(6-14)7-15(2)20(18,19)9-3-4-10(12(16)17)11(13)5-9/h3-5,8H,7H2,1-2H3,(H,16,17). The molecule has 0 aliphatic heterocycles. The molecule has 6 nitrogen and oxygen atoms in total. The van der Waals surface area contributed by atoms with Crippen molar-refractivity contribution in [3.05, 3.63) is 28.8 Å². The largest absolute Gasteiger partial charge is 0.478 e. The SMILES string of the molecule is CC(C#N)CN(C)S(=O)(=O)c1ccc(C(=O)O)c(Cl)c1. The van der Waals surface area contributed by atoms with E-state index in [9.17, 15) is 13.2 Å². The van der Waals surface area contributed by atoms with Crippen LogP contribution in [0.1, 0.15) is 17.3 Å². The maximum absolute atomic E-state index is 12.2. The van der Waals surface area contributed by atoms with Gasteiger partial charge in [-0.15, -0.1) is 0 Å². The van der Waals surface area contributed by atoms with Crippen LogP contribution in [-0.2, 0) is 10.0 Å². The minimum atomic E-state index is -3.80. The fourth-order valence-electron chi connectivity index (χ4n) is 1.53. The second-order valence-electron chi connectivity index (χ2n) is 4.26. The molecule has 0 aromatic heterocycles. The first-order valence-corrected chi connectivity index (χ1v) is 7.40. The smallest absolute Gasteiger partial charge is 0.337 e. The molecular weight excluding hydrogens is 304 g/mol. The number of carboxylic acids is 1. The van der Waals surface area contributed by atoms with Crippen LogP contribution in [0.25, 0.3) is 0 Å². The highest BCUT2D eigenvalue weighted by Crippen LogP contribution is 2.23. The van der Waals surface area contributed by atoms with Gasteiger partial charge >= 0.3 is 5.97 Å². The normalized spacial score (nSPS) is 12.9. The van der Waals surface area contributed by atoms with Gasteiger partial charge in [0.15, 0.2) is 0 Å². The van der Waals surface area contributed by atoms with E-state index >= 15 is 0 Å². The van der Waals surface area contributed by atoms with Gasteiger partial charge in [0.05, 0.1) is 27.5 Å². The van der Waals surface area contributed by atoms with E-state index in [-0.39, 0.29) is 22.0 Å². The lowest BCUT2D eigenvalue weighted by molar-refractivity contribution is 0.0697. The fraction of sp³-hybridized carbons (Fsp3) is 0.333. The minimum Gasteiger partial charge on any atom is -0.478 e. The topological polar surface area (TPSA) is 98.5 Å². The van der Waals surface area contributed by atoms with Gasteiger partial charge in [-0.2, -0.15) is 9.57 Å². The number of nitrogens with zero attached hydrogens (tertiary/aromatic N) is 2. The van der Waals surface area contributed by atoms with E-state index in [4.69, 9.17) is 22.0 Å². The molecule has 1 atom stereocenters. The third-order valence-electron chi connectivity index (χ3n) is 2.63. The Bertz CT molecular complexity index is 667. The third-order valence-corrected chi connectivity index (χ3v) is 4.76. The summed E-state index contributed by atoms with van der Waals surface area (Å²) >= 11 is 5.75. The van der Waals surface area contributed by atoms with E-state index in [1.54, 1.807) is 6.92 Å². The summed E-state index contributed by atoms with van der Waals surface area (Å²) in [5.74, 6) is -1.69. The van der Waals surface area contributed by atoms with Crippen LogP contribution in [0, 0.1) is 17.2 Å². The van der Waals surface area contributed by atoms with E-state index in [2.05, 4.69) is 0 Å². The van der Waals surface area contributed by atoms with Gasteiger partial charge in [0.2, 0.25) is 10.0 Å². The molecule has 1 unspecified atom stereocenters. The molecule has 8 heteroatoms. The minimum absolute atomic E-state index is 0.0388. The van der Waals surface area contributed by atoms with Crippen molar-refractivity contribution in [2.24, 2.45) is 5.92 Å². The number of carboxylic acid groups (broad SMARTS) is 1. The maximum atomic E-state index is 12.2. The van der Waals surface area contributed by atoms with Gasteiger partial charge in [-0.05, 0) is 25.1 Å². The summed E-state index contributed by atoms with van der Waals surface area (Å²) in [4.78, 5) is 10.7. The summed E-state index contributed by atoms with van der Waals surface area (Å²) < 4.78 is 25.5. The summed E-state index contributed by atoms with van der Waals surface area (Å²) in [6, 6.07) is 5.35. The molecule has 1 N–H and O–H groups in total. The van der Waals surface area contributed by atoms with Gasteiger partial charge in [-0.1, -0.05) is 11.6 Å². The lowest BCUT2D eigenvalue weighted by Gasteiger charge is -2.18. The molecule has 0 aliphatic rings. The lowest BCUT2D eigenvalue weighted by atomic mass is 10.2. The summed E-state index contributed by atoms with van der Waals surface area (Å²) in [7, 11) is -2.45. The van der Waals surface area contributed by atoms with Crippen molar-refractivity contribution in [2.45, 2.75) is 11.8 Å². The molecule has 1 aromatic rings. The monoisotopic (exact) mass is 316 g/mol. The van der Waals surface area contributed by atoms with E-state index in [1.165, 1.54) is 13.1 Å². The quantitative estimate of drug-likeness (QED) is 0.893. The lowest BCUT2D eigenvalue weighted by Crippen LogP contribution is -2.30. The average molecular weight is 317 g/mol. The van der Waals surface area contributed by atoms with Crippen molar-refractivity contribution in [1.29, 1.82) is 5.26 Å².